The molecule has 5 nitrogen and oxygen atoms in total. The van der Waals surface area contributed by atoms with Crippen molar-refractivity contribution in [2.45, 2.75) is 45.2 Å². The van der Waals surface area contributed by atoms with Crippen molar-refractivity contribution >= 4 is 23.3 Å². The first-order valence-corrected chi connectivity index (χ1v) is 8.83. The van der Waals surface area contributed by atoms with Gasteiger partial charge in [-0.1, -0.05) is 23.7 Å². The summed E-state index contributed by atoms with van der Waals surface area (Å²) in [4.78, 5) is 14.7. The summed E-state index contributed by atoms with van der Waals surface area (Å²) in [6.07, 6.45) is 7.91. The Morgan fingerprint density at radius 1 is 1.38 bits per heavy atom. The van der Waals surface area contributed by atoms with Crippen LogP contribution in [0.25, 0.3) is 0 Å². The molecule has 0 saturated carbocycles. The maximum Gasteiger partial charge on any atom is 0.322 e. The molecule has 3 rings (SSSR count). The minimum Gasteiger partial charge on any atom is -0.321 e. The summed E-state index contributed by atoms with van der Waals surface area (Å²) >= 11 is 6.23. The molecule has 2 heterocycles. The van der Waals surface area contributed by atoms with Crippen LogP contribution in [0.15, 0.2) is 36.7 Å². The molecule has 1 aliphatic heterocycles. The van der Waals surface area contributed by atoms with E-state index >= 15 is 0 Å². The standard InChI is InChI=1S/C18H23ClN4O/c1-14-6-4-8-16(19)17(14)21-18(24)23-12-3-2-7-15(23)9-13-22-11-5-10-20-22/h4-6,8,10-11,15H,2-3,7,9,12-13H2,1H3,(H,21,24). The number of rotatable bonds is 4. The number of piperidine rings is 1. The Kier molecular flexibility index (Phi) is 5.41. The lowest BCUT2D eigenvalue weighted by atomic mass is 10.00. The summed E-state index contributed by atoms with van der Waals surface area (Å²) in [6.45, 7) is 3.57. The largest absolute Gasteiger partial charge is 0.322 e. The third-order valence-corrected chi connectivity index (χ3v) is 4.91. The first-order valence-electron chi connectivity index (χ1n) is 8.45. The van der Waals surface area contributed by atoms with Crippen LogP contribution in [-0.4, -0.2) is 33.3 Å². The molecule has 1 fully saturated rings. The fourth-order valence-corrected chi connectivity index (χ4v) is 3.52. The van der Waals surface area contributed by atoms with E-state index in [9.17, 15) is 4.79 Å². The van der Waals surface area contributed by atoms with E-state index in [1.54, 1.807) is 12.3 Å². The number of aryl methyl sites for hydroxylation is 2. The Bertz CT molecular complexity index is 666. The summed E-state index contributed by atoms with van der Waals surface area (Å²) in [5, 5.41) is 7.82. The van der Waals surface area contributed by atoms with Gasteiger partial charge in [0.15, 0.2) is 0 Å². The van der Waals surface area contributed by atoms with Gasteiger partial charge in [0, 0.05) is 31.5 Å². The van der Waals surface area contributed by atoms with Crippen molar-refractivity contribution in [3.8, 4) is 0 Å². The van der Waals surface area contributed by atoms with Gasteiger partial charge in [0.2, 0.25) is 0 Å². The number of urea groups is 1. The second kappa shape index (κ2) is 7.71. The number of carbonyl (C=O) groups excluding carboxylic acids is 1. The van der Waals surface area contributed by atoms with Gasteiger partial charge < -0.3 is 10.2 Å². The van der Waals surface area contributed by atoms with Crippen molar-refractivity contribution < 1.29 is 4.79 Å². The molecule has 0 aliphatic carbocycles. The van der Waals surface area contributed by atoms with E-state index in [4.69, 9.17) is 11.6 Å². The molecule has 24 heavy (non-hydrogen) atoms. The lowest BCUT2D eigenvalue weighted by Crippen LogP contribution is -2.46. The molecule has 1 atom stereocenters. The summed E-state index contributed by atoms with van der Waals surface area (Å²) in [7, 11) is 0. The molecule has 0 spiro atoms. The number of carbonyl (C=O) groups is 1. The van der Waals surface area contributed by atoms with Crippen molar-refractivity contribution in [2.24, 2.45) is 0 Å². The smallest absolute Gasteiger partial charge is 0.321 e. The first kappa shape index (κ1) is 16.8. The third kappa shape index (κ3) is 3.90. The monoisotopic (exact) mass is 346 g/mol. The van der Waals surface area contributed by atoms with E-state index in [-0.39, 0.29) is 12.1 Å². The molecule has 1 aromatic heterocycles. The minimum absolute atomic E-state index is 0.0589. The van der Waals surface area contributed by atoms with Gasteiger partial charge in [-0.15, -0.1) is 0 Å². The highest BCUT2D eigenvalue weighted by atomic mass is 35.5. The van der Waals surface area contributed by atoms with Crippen LogP contribution in [-0.2, 0) is 6.54 Å². The zero-order valence-electron chi connectivity index (χ0n) is 13.9. The van der Waals surface area contributed by atoms with Crippen LogP contribution in [0.1, 0.15) is 31.2 Å². The number of nitrogens with one attached hydrogen (secondary N) is 1. The quantitative estimate of drug-likeness (QED) is 0.896. The lowest BCUT2D eigenvalue weighted by Gasteiger charge is -2.36. The van der Waals surface area contributed by atoms with Crippen molar-refractivity contribution in [3.05, 3.63) is 47.2 Å². The van der Waals surface area contributed by atoms with Crippen molar-refractivity contribution in [1.82, 2.24) is 14.7 Å². The van der Waals surface area contributed by atoms with Crippen molar-refractivity contribution in [3.63, 3.8) is 0 Å². The van der Waals surface area contributed by atoms with E-state index in [0.717, 1.165) is 37.9 Å². The van der Waals surface area contributed by atoms with E-state index in [2.05, 4.69) is 10.4 Å². The summed E-state index contributed by atoms with van der Waals surface area (Å²) in [5.74, 6) is 0. The number of amides is 2. The zero-order valence-corrected chi connectivity index (χ0v) is 14.7. The summed E-state index contributed by atoms with van der Waals surface area (Å²) in [6, 6.07) is 7.75. The predicted molar refractivity (Wildman–Crippen MR) is 96.4 cm³/mol. The highest BCUT2D eigenvalue weighted by Crippen LogP contribution is 2.27. The number of hydrogen-bond acceptors (Lipinski definition) is 2. The topological polar surface area (TPSA) is 50.2 Å². The van der Waals surface area contributed by atoms with Gasteiger partial charge in [0.1, 0.15) is 0 Å². The molecule has 1 N–H and O–H groups in total. The number of benzene rings is 1. The number of halogens is 1. The van der Waals surface area contributed by atoms with Gasteiger partial charge >= 0.3 is 6.03 Å². The second-order valence-electron chi connectivity index (χ2n) is 6.26. The Labute approximate surface area is 147 Å². The molecule has 1 aliphatic rings. The average molecular weight is 347 g/mol. The van der Waals surface area contributed by atoms with Crippen molar-refractivity contribution in [2.75, 3.05) is 11.9 Å². The number of para-hydroxylation sites is 1. The molecular formula is C18H23ClN4O. The van der Waals surface area contributed by atoms with Crippen LogP contribution >= 0.6 is 11.6 Å². The maximum absolute atomic E-state index is 12.8. The molecule has 128 valence electrons. The van der Waals surface area contributed by atoms with Gasteiger partial charge in [-0.05, 0) is 50.3 Å². The maximum atomic E-state index is 12.8. The Balaban J connectivity index is 1.66. The number of hydrogen-bond donors (Lipinski definition) is 1. The lowest BCUT2D eigenvalue weighted by molar-refractivity contribution is 0.154. The molecule has 1 unspecified atom stereocenters. The number of anilines is 1. The molecule has 1 saturated heterocycles. The van der Waals surface area contributed by atoms with E-state index in [1.165, 1.54) is 6.42 Å². The van der Waals surface area contributed by atoms with E-state index in [0.29, 0.717) is 10.7 Å². The van der Waals surface area contributed by atoms with E-state index < -0.39 is 0 Å². The number of nitrogens with zero attached hydrogens (tertiary/aromatic N) is 3. The van der Waals surface area contributed by atoms with Crippen LogP contribution in [0.2, 0.25) is 5.02 Å². The Morgan fingerprint density at radius 2 is 2.25 bits per heavy atom. The molecule has 2 amide bonds. The fraction of sp³-hybridized carbons (Fsp3) is 0.444. The molecule has 1 aromatic carbocycles. The van der Waals surface area contributed by atoms with Gasteiger partial charge in [0.25, 0.3) is 0 Å². The van der Waals surface area contributed by atoms with Crippen molar-refractivity contribution in [1.29, 1.82) is 0 Å². The van der Waals surface area contributed by atoms with Crippen LogP contribution in [0.3, 0.4) is 0 Å². The first-order chi connectivity index (χ1) is 11.6. The van der Waals surface area contributed by atoms with Gasteiger partial charge in [-0.2, -0.15) is 5.10 Å². The zero-order chi connectivity index (χ0) is 16.9. The van der Waals surface area contributed by atoms with Crippen LogP contribution in [0, 0.1) is 6.92 Å². The molecule has 2 aromatic rings. The third-order valence-electron chi connectivity index (χ3n) is 4.59. The fourth-order valence-electron chi connectivity index (χ4n) is 3.25. The Hall–Kier alpha value is -2.01. The van der Waals surface area contributed by atoms with E-state index in [1.807, 2.05) is 40.9 Å². The van der Waals surface area contributed by atoms with Gasteiger partial charge in [-0.3, -0.25) is 4.68 Å². The average Bonchev–Trinajstić information content (AvgIpc) is 3.10. The minimum atomic E-state index is -0.0589. The van der Waals surface area contributed by atoms with Crippen LogP contribution in [0.5, 0.6) is 0 Å². The summed E-state index contributed by atoms with van der Waals surface area (Å²) < 4.78 is 1.92. The normalized spacial score (nSPS) is 17.8. The van der Waals surface area contributed by atoms with Crippen LogP contribution in [0.4, 0.5) is 10.5 Å². The highest BCUT2D eigenvalue weighted by molar-refractivity contribution is 6.33. The molecule has 0 bridgehead atoms. The highest BCUT2D eigenvalue weighted by Gasteiger charge is 2.27. The summed E-state index contributed by atoms with van der Waals surface area (Å²) in [5.41, 5.74) is 1.68. The van der Waals surface area contributed by atoms with Crippen LogP contribution < -0.4 is 5.32 Å². The second-order valence-corrected chi connectivity index (χ2v) is 6.67. The Morgan fingerprint density at radius 3 is 3.00 bits per heavy atom. The predicted octanol–water partition coefficient (Wildman–Crippen LogP) is 4.32. The number of likely N-dealkylation sites (tertiary alicyclic amines) is 1. The number of aromatic nitrogens is 2. The van der Waals surface area contributed by atoms with Gasteiger partial charge in [0.05, 0.1) is 10.7 Å². The molecule has 6 heteroatoms. The SMILES string of the molecule is Cc1cccc(Cl)c1NC(=O)N1CCCCC1CCn1cccn1. The van der Waals surface area contributed by atoms with Gasteiger partial charge in [-0.25, -0.2) is 4.79 Å². The molecule has 0 radical (unpaired) electrons. The molecular weight excluding hydrogens is 324 g/mol.